The Morgan fingerprint density at radius 3 is 1.42 bits per heavy atom. The van der Waals surface area contributed by atoms with E-state index in [-0.39, 0.29) is 5.75 Å². The van der Waals surface area contributed by atoms with Gasteiger partial charge in [0.1, 0.15) is 0 Å². The van der Waals surface area contributed by atoms with Gasteiger partial charge in [-0.05, 0) is 31.4 Å². The topological polar surface area (TPSA) is 47.9 Å². The second kappa shape index (κ2) is 19.1. The second-order valence-corrected chi connectivity index (χ2v) is 8.53. The van der Waals surface area contributed by atoms with Crippen molar-refractivity contribution in [1.82, 2.24) is 0 Å². The molecule has 0 spiro atoms. The minimum absolute atomic E-state index is 0.129. The van der Waals surface area contributed by atoms with E-state index in [2.05, 4.69) is 20.8 Å². The van der Waals surface area contributed by atoms with Crippen molar-refractivity contribution < 1.29 is 19.3 Å². The fourth-order valence-electron chi connectivity index (χ4n) is 3.57. The third-order valence-corrected chi connectivity index (χ3v) is 5.55. The highest BCUT2D eigenvalue weighted by Gasteiger charge is 2.18. The third-order valence-electron chi connectivity index (χ3n) is 5.55. The Balaban J connectivity index is 2.67. The molecule has 0 unspecified atom stereocenters. The van der Waals surface area contributed by atoms with E-state index >= 15 is 0 Å². The number of phenolic OH excluding ortho intramolecular Hbond substituents is 1. The standard InChI is InChI=1S/C27H48O4/c1-4-7-10-13-16-21-29-25-20-19-24(28)26(30-22-17-14-11-8-5-2)27(25)31-23-18-15-12-9-6-3/h19-20,28H,4-18,21-23H2,1-3H3. The summed E-state index contributed by atoms with van der Waals surface area (Å²) in [6, 6.07) is 3.47. The summed E-state index contributed by atoms with van der Waals surface area (Å²) in [4.78, 5) is 0. The SMILES string of the molecule is CCCCCCCOc1ccc(O)c(OCCCCCCC)c1OCCCCCCC. The predicted molar refractivity (Wildman–Crippen MR) is 131 cm³/mol. The zero-order chi connectivity index (χ0) is 22.6. The molecular weight excluding hydrogens is 388 g/mol. The van der Waals surface area contributed by atoms with Crippen molar-refractivity contribution in [2.45, 2.75) is 117 Å². The van der Waals surface area contributed by atoms with Crippen LogP contribution in [0.15, 0.2) is 12.1 Å². The first-order valence-corrected chi connectivity index (χ1v) is 13.0. The zero-order valence-electron chi connectivity index (χ0n) is 20.6. The van der Waals surface area contributed by atoms with Gasteiger partial charge in [-0.2, -0.15) is 0 Å². The van der Waals surface area contributed by atoms with Gasteiger partial charge in [0, 0.05) is 0 Å². The van der Waals surface area contributed by atoms with Crippen molar-refractivity contribution >= 4 is 0 Å². The number of unbranched alkanes of at least 4 members (excludes halogenated alkanes) is 12. The van der Waals surface area contributed by atoms with Crippen LogP contribution in [-0.4, -0.2) is 24.9 Å². The second-order valence-electron chi connectivity index (χ2n) is 8.53. The monoisotopic (exact) mass is 436 g/mol. The number of benzene rings is 1. The number of phenols is 1. The lowest BCUT2D eigenvalue weighted by Crippen LogP contribution is -2.06. The van der Waals surface area contributed by atoms with E-state index in [1.165, 1.54) is 64.2 Å². The molecule has 0 radical (unpaired) electrons. The van der Waals surface area contributed by atoms with Crippen molar-refractivity contribution in [1.29, 1.82) is 0 Å². The summed E-state index contributed by atoms with van der Waals surface area (Å²) >= 11 is 0. The predicted octanol–water partition coefficient (Wildman–Crippen LogP) is 8.44. The summed E-state index contributed by atoms with van der Waals surface area (Å²) in [5, 5.41) is 10.4. The van der Waals surface area contributed by atoms with E-state index < -0.39 is 0 Å². The van der Waals surface area contributed by atoms with Crippen LogP contribution in [0.2, 0.25) is 0 Å². The van der Waals surface area contributed by atoms with Crippen LogP contribution in [0.4, 0.5) is 0 Å². The molecule has 0 heterocycles. The van der Waals surface area contributed by atoms with E-state index in [0.717, 1.165) is 32.1 Å². The smallest absolute Gasteiger partial charge is 0.207 e. The van der Waals surface area contributed by atoms with Crippen LogP contribution >= 0.6 is 0 Å². The number of ether oxygens (including phenoxy) is 3. The van der Waals surface area contributed by atoms with Gasteiger partial charge in [-0.3, -0.25) is 0 Å². The van der Waals surface area contributed by atoms with Crippen LogP contribution in [-0.2, 0) is 0 Å². The minimum atomic E-state index is 0.129. The fraction of sp³-hybridized carbons (Fsp3) is 0.778. The van der Waals surface area contributed by atoms with E-state index in [1.807, 2.05) is 6.07 Å². The van der Waals surface area contributed by atoms with E-state index in [4.69, 9.17) is 14.2 Å². The molecule has 0 aliphatic rings. The molecule has 4 heteroatoms. The molecule has 1 aromatic carbocycles. The maximum absolute atomic E-state index is 10.4. The zero-order valence-corrected chi connectivity index (χ0v) is 20.6. The van der Waals surface area contributed by atoms with Crippen LogP contribution in [0.5, 0.6) is 23.0 Å². The molecule has 0 aliphatic heterocycles. The van der Waals surface area contributed by atoms with Crippen LogP contribution in [0.25, 0.3) is 0 Å². The number of aromatic hydroxyl groups is 1. The molecule has 1 rings (SSSR count). The molecule has 0 aromatic heterocycles. The Hall–Kier alpha value is -1.58. The molecule has 4 nitrogen and oxygen atoms in total. The Morgan fingerprint density at radius 1 is 0.516 bits per heavy atom. The summed E-state index contributed by atoms with van der Waals surface area (Å²) in [6.45, 7) is 8.54. The van der Waals surface area contributed by atoms with Gasteiger partial charge in [-0.25, -0.2) is 0 Å². The van der Waals surface area contributed by atoms with E-state index in [9.17, 15) is 5.11 Å². The van der Waals surface area contributed by atoms with Crippen molar-refractivity contribution in [3.63, 3.8) is 0 Å². The van der Waals surface area contributed by atoms with Gasteiger partial charge in [-0.15, -0.1) is 0 Å². The lowest BCUT2D eigenvalue weighted by atomic mass is 10.1. The summed E-state index contributed by atoms with van der Waals surface area (Å²) < 4.78 is 18.2. The lowest BCUT2D eigenvalue weighted by Gasteiger charge is -2.18. The quantitative estimate of drug-likeness (QED) is 0.196. The molecule has 1 N–H and O–H groups in total. The van der Waals surface area contributed by atoms with Gasteiger partial charge in [0.15, 0.2) is 11.5 Å². The van der Waals surface area contributed by atoms with Crippen LogP contribution < -0.4 is 14.2 Å². The molecule has 0 atom stereocenters. The van der Waals surface area contributed by atoms with E-state index in [0.29, 0.717) is 37.1 Å². The van der Waals surface area contributed by atoms with E-state index in [1.54, 1.807) is 6.07 Å². The number of hydrogen-bond acceptors (Lipinski definition) is 4. The van der Waals surface area contributed by atoms with Gasteiger partial charge >= 0.3 is 0 Å². The lowest BCUT2D eigenvalue weighted by molar-refractivity contribution is 0.228. The number of rotatable bonds is 21. The molecule has 0 fully saturated rings. The first kappa shape index (κ1) is 27.5. The normalized spacial score (nSPS) is 10.9. The highest BCUT2D eigenvalue weighted by Crippen LogP contribution is 2.44. The van der Waals surface area contributed by atoms with Gasteiger partial charge in [0.2, 0.25) is 11.5 Å². The molecule has 1 aromatic rings. The average molecular weight is 437 g/mol. The maximum atomic E-state index is 10.4. The highest BCUT2D eigenvalue weighted by atomic mass is 16.5. The minimum Gasteiger partial charge on any atom is -0.504 e. The third kappa shape index (κ3) is 12.8. The van der Waals surface area contributed by atoms with Gasteiger partial charge in [0.25, 0.3) is 0 Å². The molecule has 0 saturated heterocycles. The molecular formula is C27H48O4. The van der Waals surface area contributed by atoms with Gasteiger partial charge < -0.3 is 19.3 Å². The van der Waals surface area contributed by atoms with Crippen molar-refractivity contribution in [3.05, 3.63) is 12.1 Å². The summed E-state index contributed by atoms with van der Waals surface area (Å²) in [7, 11) is 0. The van der Waals surface area contributed by atoms with Crippen LogP contribution in [0.1, 0.15) is 117 Å². The molecule has 31 heavy (non-hydrogen) atoms. The maximum Gasteiger partial charge on any atom is 0.207 e. The van der Waals surface area contributed by atoms with Gasteiger partial charge in [-0.1, -0.05) is 97.8 Å². The number of hydrogen-bond donors (Lipinski definition) is 1. The fourth-order valence-corrected chi connectivity index (χ4v) is 3.57. The Bertz CT molecular complexity index is 544. The summed E-state index contributed by atoms with van der Waals surface area (Å²) in [6.07, 6.45) is 17.8. The molecule has 180 valence electrons. The Labute approximate surface area is 191 Å². The highest BCUT2D eigenvalue weighted by molar-refractivity contribution is 5.58. The molecule has 0 amide bonds. The average Bonchev–Trinajstić information content (AvgIpc) is 2.77. The van der Waals surface area contributed by atoms with Crippen molar-refractivity contribution in [2.75, 3.05) is 19.8 Å². The molecule has 0 saturated carbocycles. The molecule has 0 bridgehead atoms. The summed E-state index contributed by atoms with van der Waals surface area (Å²) in [5.74, 6) is 1.82. The van der Waals surface area contributed by atoms with Crippen molar-refractivity contribution in [2.24, 2.45) is 0 Å². The Morgan fingerprint density at radius 2 is 0.935 bits per heavy atom. The largest absolute Gasteiger partial charge is 0.504 e. The van der Waals surface area contributed by atoms with Crippen LogP contribution in [0.3, 0.4) is 0 Å². The first-order chi connectivity index (χ1) is 15.2. The first-order valence-electron chi connectivity index (χ1n) is 13.0. The Kier molecular flexibility index (Phi) is 16.9. The molecule has 0 aliphatic carbocycles. The van der Waals surface area contributed by atoms with Crippen molar-refractivity contribution in [3.8, 4) is 23.0 Å². The van der Waals surface area contributed by atoms with Gasteiger partial charge in [0.05, 0.1) is 19.8 Å². The van der Waals surface area contributed by atoms with Crippen LogP contribution in [0, 0.1) is 0 Å². The summed E-state index contributed by atoms with van der Waals surface area (Å²) in [5.41, 5.74) is 0.